The molecule has 33 heavy (non-hydrogen) atoms. The Hall–Kier alpha value is -3.32. The van der Waals surface area contributed by atoms with Gasteiger partial charge in [0.1, 0.15) is 5.01 Å². The molecule has 3 aromatic rings. The first-order chi connectivity index (χ1) is 15.8. The summed E-state index contributed by atoms with van der Waals surface area (Å²) in [5, 5.41) is 2.70. The largest absolute Gasteiger partial charge is 0.337 e. The van der Waals surface area contributed by atoms with Crippen LogP contribution >= 0.6 is 11.3 Å². The van der Waals surface area contributed by atoms with Gasteiger partial charge in [-0.1, -0.05) is 54.6 Å². The Bertz CT molecular complexity index is 1160. The van der Waals surface area contributed by atoms with Crippen molar-refractivity contribution in [2.45, 2.75) is 44.7 Å². The summed E-state index contributed by atoms with van der Waals surface area (Å²) >= 11 is 1.49. The molecule has 1 fully saturated rings. The van der Waals surface area contributed by atoms with E-state index in [9.17, 15) is 14.4 Å². The fraction of sp³-hybridized carbons (Fsp3) is 0.308. The van der Waals surface area contributed by atoms with Crippen LogP contribution < -0.4 is 0 Å². The number of rotatable bonds is 7. The second kappa shape index (κ2) is 9.27. The minimum atomic E-state index is -1.22. The van der Waals surface area contributed by atoms with Crippen molar-refractivity contribution in [2.24, 2.45) is 0 Å². The third kappa shape index (κ3) is 4.33. The molecule has 1 saturated heterocycles. The molecule has 0 bridgehead atoms. The molecule has 2 unspecified atom stereocenters. The third-order valence-corrected chi connectivity index (χ3v) is 7.43. The highest BCUT2D eigenvalue weighted by atomic mass is 32.1. The normalized spacial score (nSPS) is 19.1. The summed E-state index contributed by atoms with van der Waals surface area (Å²) < 4.78 is 0. The molecule has 2 heterocycles. The summed E-state index contributed by atoms with van der Waals surface area (Å²) in [6, 6.07) is 16.8. The number of nitrogens with zero attached hydrogens (tertiary/aromatic N) is 3. The molecule has 0 saturated carbocycles. The number of carbonyl (C=O) groups excluding carboxylic acids is 3. The van der Waals surface area contributed by atoms with E-state index in [1.54, 1.807) is 18.1 Å². The number of amides is 3. The SMILES string of the molecule is Cc1ccccc1C1(CC(=O)N(C)C(C)c2nccs2)CC(=O)N(Cc2ccccc2)C1=O. The van der Waals surface area contributed by atoms with Gasteiger partial charge in [0.2, 0.25) is 17.7 Å². The Balaban J connectivity index is 1.68. The summed E-state index contributed by atoms with van der Waals surface area (Å²) in [6.07, 6.45) is 1.62. The second-order valence-corrected chi connectivity index (χ2v) is 9.50. The molecule has 1 aliphatic heterocycles. The predicted molar refractivity (Wildman–Crippen MR) is 127 cm³/mol. The van der Waals surface area contributed by atoms with Gasteiger partial charge in [0.05, 0.1) is 18.0 Å². The van der Waals surface area contributed by atoms with Gasteiger partial charge in [0.15, 0.2) is 0 Å². The molecule has 170 valence electrons. The standard InChI is InChI=1S/C26H27N3O3S/c1-18-9-7-8-12-21(18)26(15-22(30)28(3)19(2)24-27-13-14-33-24)16-23(31)29(25(26)32)17-20-10-5-4-6-11-20/h4-14,19H,15-17H2,1-3H3. The van der Waals surface area contributed by atoms with Gasteiger partial charge >= 0.3 is 0 Å². The maximum atomic E-state index is 13.9. The number of carbonyl (C=O) groups is 3. The van der Waals surface area contributed by atoms with Gasteiger partial charge in [0, 0.05) is 31.5 Å². The first-order valence-electron chi connectivity index (χ1n) is 10.9. The van der Waals surface area contributed by atoms with E-state index in [1.165, 1.54) is 16.2 Å². The zero-order valence-corrected chi connectivity index (χ0v) is 19.8. The van der Waals surface area contributed by atoms with Crippen molar-refractivity contribution in [3.63, 3.8) is 0 Å². The zero-order valence-electron chi connectivity index (χ0n) is 19.0. The number of benzene rings is 2. The molecule has 2 aromatic carbocycles. The quantitative estimate of drug-likeness (QED) is 0.493. The molecular weight excluding hydrogens is 434 g/mol. The van der Waals surface area contributed by atoms with E-state index in [-0.39, 0.29) is 43.1 Å². The number of aromatic nitrogens is 1. The topological polar surface area (TPSA) is 70.6 Å². The van der Waals surface area contributed by atoms with Gasteiger partial charge in [-0.05, 0) is 30.5 Å². The molecular formula is C26H27N3O3S. The lowest BCUT2D eigenvalue weighted by Crippen LogP contribution is -2.43. The first-order valence-corrected chi connectivity index (χ1v) is 11.8. The second-order valence-electron chi connectivity index (χ2n) is 8.57. The Morgan fingerprint density at radius 2 is 1.85 bits per heavy atom. The van der Waals surface area contributed by atoms with Crippen LogP contribution in [-0.4, -0.2) is 39.6 Å². The molecule has 1 aliphatic rings. The van der Waals surface area contributed by atoms with Crippen LogP contribution in [-0.2, 0) is 26.3 Å². The molecule has 6 nitrogen and oxygen atoms in total. The molecule has 4 rings (SSSR count). The average molecular weight is 462 g/mol. The van der Waals surface area contributed by atoms with Crippen LogP contribution in [0.25, 0.3) is 0 Å². The maximum Gasteiger partial charge on any atom is 0.241 e. The molecule has 0 N–H and O–H groups in total. The van der Waals surface area contributed by atoms with Gasteiger partial charge in [-0.2, -0.15) is 0 Å². The highest BCUT2D eigenvalue weighted by molar-refractivity contribution is 7.09. The van der Waals surface area contributed by atoms with Crippen LogP contribution in [0.3, 0.4) is 0 Å². The third-order valence-electron chi connectivity index (χ3n) is 6.49. The molecule has 7 heteroatoms. The monoisotopic (exact) mass is 461 g/mol. The van der Waals surface area contributed by atoms with Crippen molar-refractivity contribution >= 4 is 29.1 Å². The first kappa shape index (κ1) is 22.9. The molecule has 3 amide bonds. The van der Waals surface area contributed by atoms with Crippen molar-refractivity contribution < 1.29 is 14.4 Å². The molecule has 1 aromatic heterocycles. The number of imide groups is 1. The Morgan fingerprint density at radius 3 is 2.52 bits per heavy atom. The van der Waals surface area contributed by atoms with E-state index in [2.05, 4.69) is 4.98 Å². The predicted octanol–water partition coefficient (Wildman–Crippen LogP) is 4.26. The lowest BCUT2D eigenvalue weighted by atomic mass is 9.74. The van der Waals surface area contributed by atoms with E-state index in [0.717, 1.165) is 21.7 Å². The average Bonchev–Trinajstić information content (AvgIpc) is 3.43. The fourth-order valence-corrected chi connectivity index (χ4v) is 5.22. The van der Waals surface area contributed by atoms with Crippen LogP contribution in [0.15, 0.2) is 66.2 Å². The summed E-state index contributed by atoms with van der Waals surface area (Å²) in [6.45, 7) is 4.03. The summed E-state index contributed by atoms with van der Waals surface area (Å²) in [5.41, 5.74) is 1.29. The van der Waals surface area contributed by atoms with E-state index >= 15 is 0 Å². The van der Waals surface area contributed by atoms with Crippen molar-refractivity contribution in [1.82, 2.24) is 14.8 Å². The van der Waals surface area contributed by atoms with Crippen molar-refractivity contribution in [1.29, 1.82) is 0 Å². The van der Waals surface area contributed by atoms with Crippen molar-refractivity contribution in [3.05, 3.63) is 87.9 Å². The molecule has 2 atom stereocenters. The smallest absolute Gasteiger partial charge is 0.241 e. The van der Waals surface area contributed by atoms with Gasteiger partial charge in [-0.3, -0.25) is 19.3 Å². The molecule has 0 radical (unpaired) electrons. The van der Waals surface area contributed by atoms with Crippen LogP contribution in [0.2, 0.25) is 0 Å². The van der Waals surface area contributed by atoms with Gasteiger partial charge < -0.3 is 4.90 Å². The number of aryl methyl sites for hydroxylation is 1. The van der Waals surface area contributed by atoms with E-state index < -0.39 is 5.41 Å². The van der Waals surface area contributed by atoms with Crippen LogP contribution in [0, 0.1) is 6.92 Å². The maximum absolute atomic E-state index is 13.9. The lowest BCUT2D eigenvalue weighted by molar-refractivity contribution is -0.143. The minimum absolute atomic E-state index is 0.0191. The van der Waals surface area contributed by atoms with Crippen molar-refractivity contribution in [2.75, 3.05) is 7.05 Å². The van der Waals surface area contributed by atoms with Gasteiger partial charge in [-0.15, -0.1) is 11.3 Å². The van der Waals surface area contributed by atoms with Crippen LogP contribution in [0.5, 0.6) is 0 Å². The van der Waals surface area contributed by atoms with Gasteiger partial charge in [-0.25, -0.2) is 4.98 Å². The number of hydrogen-bond acceptors (Lipinski definition) is 5. The van der Waals surface area contributed by atoms with E-state index in [4.69, 9.17) is 0 Å². The highest BCUT2D eigenvalue weighted by Crippen LogP contribution is 2.42. The summed E-state index contributed by atoms with van der Waals surface area (Å²) in [4.78, 5) is 47.7. The number of hydrogen-bond donors (Lipinski definition) is 0. The van der Waals surface area contributed by atoms with Crippen molar-refractivity contribution in [3.8, 4) is 0 Å². The number of likely N-dealkylation sites (tertiary alicyclic amines) is 1. The zero-order chi connectivity index (χ0) is 23.6. The minimum Gasteiger partial charge on any atom is -0.337 e. The Morgan fingerprint density at radius 1 is 1.15 bits per heavy atom. The molecule has 0 spiro atoms. The van der Waals surface area contributed by atoms with E-state index in [0.29, 0.717) is 0 Å². The van der Waals surface area contributed by atoms with E-state index in [1.807, 2.05) is 73.8 Å². The highest BCUT2D eigenvalue weighted by Gasteiger charge is 2.54. The summed E-state index contributed by atoms with van der Waals surface area (Å²) in [7, 11) is 1.73. The lowest BCUT2D eigenvalue weighted by Gasteiger charge is -2.32. The summed E-state index contributed by atoms with van der Waals surface area (Å²) in [5.74, 6) is -0.756. The van der Waals surface area contributed by atoms with Gasteiger partial charge in [0.25, 0.3) is 0 Å². The Labute approximate surface area is 197 Å². The van der Waals surface area contributed by atoms with Crippen LogP contribution in [0.4, 0.5) is 0 Å². The molecule has 0 aliphatic carbocycles. The number of thiazole rings is 1. The van der Waals surface area contributed by atoms with Crippen LogP contribution in [0.1, 0.15) is 47.5 Å². The fourth-order valence-electron chi connectivity index (χ4n) is 4.49. The Kier molecular flexibility index (Phi) is 6.42.